The predicted molar refractivity (Wildman–Crippen MR) is 101 cm³/mol. The van der Waals surface area contributed by atoms with Gasteiger partial charge in [0, 0.05) is 18.7 Å². The summed E-state index contributed by atoms with van der Waals surface area (Å²) in [5.74, 6) is -0.339. The van der Waals surface area contributed by atoms with Gasteiger partial charge < -0.3 is 9.64 Å². The van der Waals surface area contributed by atoms with Crippen LogP contribution in [0.4, 0.5) is 5.69 Å². The number of hydrogen-bond donors (Lipinski definition) is 0. The molecule has 3 aromatic rings. The van der Waals surface area contributed by atoms with Crippen LogP contribution in [0.5, 0.6) is 5.75 Å². The van der Waals surface area contributed by atoms with Gasteiger partial charge in [-0.05, 0) is 41.5 Å². The summed E-state index contributed by atoms with van der Waals surface area (Å²) in [6.07, 6.45) is 0.181. The van der Waals surface area contributed by atoms with Crippen molar-refractivity contribution in [1.82, 2.24) is 0 Å². The van der Waals surface area contributed by atoms with Gasteiger partial charge >= 0.3 is 5.97 Å². The number of hydrogen-bond acceptors (Lipinski definition) is 3. The summed E-state index contributed by atoms with van der Waals surface area (Å²) in [6, 6.07) is 21.2. The van der Waals surface area contributed by atoms with Crippen LogP contribution in [0.3, 0.4) is 0 Å². The first-order valence-corrected chi connectivity index (χ1v) is 8.68. The van der Waals surface area contributed by atoms with Crippen molar-refractivity contribution in [2.24, 2.45) is 5.92 Å². The number of ether oxygens (including phenoxy) is 1. The molecular weight excluding hydrogens is 326 g/mol. The lowest BCUT2D eigenvalue weighted by Crippen LogP contribution is -2.27. The molecule has 0 aliphatic carbocycles. The number of para-hydroxylation sites is 1. The minimum atomic E-state index is -0.450. The third-order valence-corrected chi connectivity index (χ3v) is 4.80. The van der Waals surface area contributed by atoms with E-state index in [9.17, 15) is 9.59 Å². The van der Waals surface area contributed by atoms with Crippen molar-refractivity contribution in [2.45, 2.75) is 13.3 Å². The minimum Gasteiger partial charge on any atom is -0.426 e. The van der Waals surface area contributed by atoms with E-state index in [1.807, 2.05) is 67.6 Å². The number of fused-ring (bicyclic) bond motifs is 1. The first-order valence-electron chi connectivity index (χ1n) is 8.68. The minimum absolute atomic E-state index is 0.0419. The second-order valence-corrected chi connectivity index (χ2v) is 6.62. The summed E-state index contributed by atoms with van der Waals surface area (Å²) in [6.45, 7) is 2.32. The van der Waals surface area contributed by atoms with Crippen molar-refractivity contribution in [2.75, 3.05) is 11.4 Å². The first-order chi connectivity index (χ1) is 12.6. The second-order valence-electron chi connectivity index (χ2n) is 6.62. The normalized spacial score (nSPS) is 16.9. The number of carbonyl (C=O) groups is 2. The Balaban J connectivity index is 1.50. The van der Waals surface area contributed by atoms with Crippen LogP contribution in [-0.4, -0.2) is 18.4 Å². The SMILES string of the molecule is Cc1ccccc1N1C[C@@H](C(=O)Oc2ccc3ccccc3c2)CC1=O. The van der Waals surface area contributed by atoms with Crippen LogP contribution in [0.15, 0.2) is 66.7 Å². The summed E-state index contributed by atoms with van der Waals surface area (Å²) in [4.78, 5) is 26.6. The molecule has 1 heterocycles. The van der Waals surface area contributed by atoms with Gasteiger partial charge in [-0.3, -0.25) is 9.59 Å². The zero-order valence-electron chi connectivity index (χ0n) is 14.5. The standard InChI is InChI=1S/C22H19NO3/c1-15-6-2-5-9-20(15)23-14-18(13-21(23)24)22(25)26-19-11-10-16-7-3-4-8-17(16)12-19/h2-12,18H,13-14H2,1H3/t18-/m0/s1. The molecule has 1 amide bonds. The van der Waals surface area contributed by atoms with E-state index in [1.54, 1.807) is 11.0 Å². The van der Waals surface area contributed by atoms with Gasteiger partial charge in [0.05, 0.1) is 5.92 Å². The lowest BCUT2D eigenvalue weighted by molar-refractivity contribution is -0.139. The number of carbonyl (C=O) groups excluding carboxylic acids is 2. The fourth-order valence-corrected chi connectivity index (χ4v) is 3.39. The molecule has 1 aliphatic heterocycles. The molecule has 0 bridgehead atoms. The molecule has 26 heavy (non-hydrogen) atoms. The highest BCUT2D eigenvalue weighted by Gasteiger charge is 2.36. The van der Waals surface area contributed by atoms with E-state index in [4.69, 9.17) is 4.74 Å². The molecule has 1 aliphatic rings. The smallest absolute Gasteiger partial charge is 0.316 e. The number of nitrogens with zero attached hydrogens (tertiary/aromatic N) is 1. The Kier molecular flexibility index (Phi) is 4.17. The highest BCUT2D eigenvalue weighted by atomic mass is 16.5. The molecule has 0 saturated carbocycles. The third-order valence-electron chi connectivity index (χ3n) is 4.80. The second kappa shape index (κ2) is 6.64. The third kappa shape index (κ3) is 3.06. The fraction of sp³-hybridized carbons (Fsp3) is 0.182. The van der Waals surface area contributed by atoms with Crippen molar-refractivity contribution in [3.8, 4) is 5.75 Å². The number of amides is 1. The molecule has 4 nitrogen and oxygen atoms in total. The van der Waals surface area contributed by atoms with Crippen molar-refractivity contribution in [1.29, 1.82) is 0 Å². The predicted octanol–water partition coefficient (Wildman–Crippen LogP) is 4.11. The molecule has 130 valence electrons. The fourth-order valence-electron chi connectivity index (χ4n) is 3.39. The van der Waals surface area contributed by atoms with E-state index < -0.39 is 5.92 Å². The summed E-state index contributed by atoms with van der Waals surface area (Å²) in [5.41, 5.74) is 1.88. The number of benzene rings is 3. The van der Waals surface area contributed by atoms with E-state index >= 15 is 0 Å². The Morgan fingerprint density at radius 3 is 2.54 bits per heavy atom. The highest BCUT2D eigenvalue weighted by molar-refractivity contribution is 6.00. The van der Waals surface area contributed by atoms with Crippen molar-refractivity contribution in [3.05, 3.63) is 72.3 Å². The monoisotopic (exact) mass is 345 g/mol. The number of anilines is 1. The molecule has 1 saturated heterocycles. The summed E-state index contributed by atoms with van der Waals surface area (Å²) < 4.78 is 5.55. The van der Waals surface area contributed by atoms with Crippen LogP contribution in [0.2, 0.25) is 0 Å². The number of aryl methyl sites for hydroxylation is 1. The van der Waals surface area contributed by atoms with Crippen LogP contribution < -0.4 is 9.64 Å². The lowest BCUT2D eigenvalue weighted by atomic mass is 10.1. The van der Waals surface area contributed by atoms with Gasteiger partial charge in [-0.25, -0.2) is 0 Å². The molecule has 0 N–H and O–H groups in total. The van der Waals surface area contributed by atoms with Crippen molar-refractivity contribution in [3.63, 3.8) is 0 Å². The van der Waals surface area contributed by atoms with Crippen molar-refractivity contribution >= 4 is 28.3 Å². The van der Waals surface area contributed by atoms with E-state index in [-0.39, 0.29) is 18.3 Å². The molecule has 4 rings (SSSR count). The molecular formula is C22H19NO3. The maximum absolute atomic E-state index is 12.6. The largest absolute Gasteiger partial charge is 0.426 e. The van der Waals surface area contributed by atoms with Crippen LogP contribution in [0.1, 0.15) is 12.0 Å². The molecule has 1 atom stereocenters. The van der Waals surface area contributed by atoms with E-state index in [1.165, 1.54) is 0 Å². The van der Waals surface area contributed by atoms with Crippen LogP contribution in [0.25, 0.3) is 10.8 Å². The van der Waals surface area contributed by atoms with Crippen LogP contribution >= 0.6 is 0 Å². The number of esters is 1. The van der Waals surface area contributed by atoms with E-state index in [0.717, 1.165) is 22.0 Å². The van der Waals surface area contributed by atoms with E-state index in [2.05, 4.69) is 0 Å². The maximum atomic E-state index is 12.6. The lowest BCUT2D eigenvalue weighted by Gasteiger charge is -2.18. The van der Waals surface area contributed by atoms with Gasteiger partial charge in [0.2, 0.25) is 5.91 Å². The Bertz CT molecular complexity index is 995. The molecule has 3 aromatic carbocycles. The van der Waals surface area contributed by atoms with Gasteiger partial charge in [0.25, 0.3) is 0 Å². The van der Waals surface area contributed by atoms with Gasteiger partial charge in [-0.1, -0.05) is 48.5 Å². The van der Waals surface area contributed by atoms with Crippen LogP contribution in [-0.2, 0) is 9.59 Å². The van der Waals surface area contributed by atoms with Gasteiger partial charge in [-0.2, -0.15) is 0 Å². The number of rotatable bonds is 3. The van der Waals surface area contributed by atoms with Gasteiger partial charge in [-0.15, -0.1) is 0 Å². The van der Waals surface area contributed by atoms with Gasteiger partial charge in [0.15, 0.2) is 0 Å². The highest BCUT2D eigenvalue weighted by Crippen LogP contribution is 2.29. The average molecular weight is 345 g/mol. The summed E-state index contributed by atoms with van der Waals surface area (Å²) in [5, 5.41) is 2.11. The quantitative estimate of drug-likeness (QED) is 0.530. The van der Waals surface area contributed by atoms with Crippen molar-refractivity contribution < 1.29 is 14.3 Å². The first kappa shape index (κ1) is 16.3. The Labute approximate surface area is 152 Å². The zero-order valence-corrected chi connectivity index (χ0v) is 14.5. The molecule has 0 radical (unpaired) electrons. The Morgan fingerprint density at radius 1 is 1.00 bits per heavy atom. The molecule has 1 fully saturated rings. The zero-order chi connectivity index (χ0) is 18.1. The van der Waals surface area contributed by atoms with Gasteiger partial charge in [0.1, 0.15) is 5.75 Å². The van der Waals surface area contributed by atoms with E-state index in [0.29, 0.717) is 12.3 Å². The summed E-state index contributed by atoms with van der Waals surface area (Å²) in [7, 11) is 0. The maximum Gasteiger partial charge on any atom is 0.316 e. The average Bonchev–Trinajstić information content (AvgIpc) is 3.04. The molecule has 0 aromatic heterocycles. The Morgan fingerprint density at radius 2 is 1.73 bits per heavy atom. The topological polar surface area (TPSA) is 46.6 Å². The molecule has 4 heteroatoms. The molecule has 0 spiro atoms. The van der Waals surface area contributed by atoms with Crippen LogP contribution in [0, 0.1) is 12.8 Å². The molecule has 0 unspecified atom stereocenters. The Hall–Kier alpha value is -3.14. The summed E-state index contributed by atoms with van der Waals surface area (Å²) >= 11 is 0.